The summed E-state index contributed by atoms with van der Waals surface area (Å²) >= 11 is 0. The molecule has 0 bridgehead atoms. The SMILES string of the molecule is [C-]#[N+]C1=C(c2ccc(C)c(F)c2)/C(=C(/C#N)[N+]#[C-])c2cc3c(cc21)C(C#N)=C(c1ccc(OC(F)(F)F)c(F)c1)/C3=C(\C#N)[N+]#[C-]. The van der Waals surface area contributed by atoms with Crippen molar-refractivity contribution >= 4 is 33.6 Å². The minimum Gasteiger partial charge on any atom is -0.403 e. The molecule has 2 aliphatic rings. The third-order valence-electron chi connectivity index (χ3n) is 7.25. The van der Waals surface area contributed by atoms with Crippen molar-refractivity contribution in [3.8, 4) is 24.0 Å². The van der Waals surface area contributed by atoms with Gasteiger partial charge >= 0.3 is 6.36 Å². The summed E-state index contributed by atoms with van der Waals surface area (Å²) < 4.78 is 71.5. The Morgan fingerprint density at radius 2 is 1.28 bits per heavy atom. The van der Waals surface area contributed by atoms with E-state index in [1.165, 1.54) is 31.2 Å². The lowest BCUT2D eigenvalue weighted by atomic mass is 9.91. The summed E-state index contributed by atoms with van der Waals surface area (Å²) in [6.07, 6.45) is -5.19. The van der Waals surface area contributed by atoms with Crippen LogP contribution in [0.15, 0.2) is 59.9 Å². The quantitative estimate of drug-likeness (QED) is 0.168. The van der Waals surface area contributed by atoms with Crippen LogP contribution < -0.4 is 4.74 Å². The molecular formula is C34H11F5N6O. The van der Waals surface area contributed by atoms with E-state index in [0.29, 0.717) is 17.7 Å². The lowest BCUT2D eigenvalue weighted by Crippen LogP contribution is -2.18. The van der Waals surface area contributed by atoms with Gasteiger partial charge in [-0.05, 0) is 86.9 Å². The number of ether oxygens (including phenoxy) is 1. The van der Waals surface area contributed by atoms with Crippen molar-refractivity contribution in [2.75, 3.05) is 0 Å². The summed E-state index contributed by atoms with van der Waals surface area (Å²) in [7, 11) is 0. The fraction of sp³-hybridized carbons (Fsp3) is 0.0588. The van der Waals surface area contributed by atoms with Crippen LogP contribution in [0.5, 0.6) is 5.75 Å². The molecule has 0 N–H and O–H groups in total. The van der Waals surface area contributed by atoms with Gasteiger partial charge in [-0.15, -0.1) is 13.2 Å². The number of hydrogen-bond acceptors (Lipinski definition) is 4. The maximum atomic E-state index is 14.8. The smallest absolute Gasteiger partial charge is 0.403 e. The number of halogens is 5. The van der Waals surface area contributed by atoms with Crippen molar-refractivity contribution in [2.24, 2.45) is 0 Å². The number of hydrogen-bond donors (Lipinski definition) is 0. The highest BCUT2D eigenvalue weighted by atomic mass is 19.4. The summed E-state index contributed by atoms with van der Waals surface area (Å²) in [6, 6.07) is 14.8. The van der Waals surface area contributed by atoms with Gasteiger partial charge in [-0.1, -0.05) is 24.3 Å². The van der Waals surface area contributed by atoms with Crippen LogP contribution in [0.2, 0.25) is 0 Å². The summed E-state index contributed by atoms with van der Waals surface area (Å²) in [5, 5.41) is 30.0. The molecule has 7 nitrogen and oxygen atoms in total. The fourth-order valence-corrected chi connectivity index (χ4v) is 5.38. The molecule has 3 aromatic rings. The van der Waals surface area contributed by atoms with Gasteiger partial charge in [0, 0.05) is 5.57 Å². The van der Waals surface area contributed by atoms with E-state index in [0.717, 1.165) is 12.1 Å². The topological polar surface area (TPSA) is 93.7 Å². The van der Waals surface area contributed by atoms with Crippen molar-refractivity contribution in [3.05, 3.63) is 145 Å². The maximum Gasteiger partial charge on any atom is 0.573 e. The van der Waals surface area contributed by atoms with Gasteiger partial charge in [0.15, 0.2) is 11.6 Å². The van der Waals surface area contributed by atoms with Crippen LogP contribution in [-0.2, 0) is 0 Å². The number of allylic oxidation sites excluding steroid dienone is 7. The Morgan fingerprint density at radius 1 is 0.739 bits per heavy atom. The number of alkyl halides is 3. The van der Waals surface area contributed by atoms with Gasteiger partial charge in [0.05, 0.1) is 37.4 Å². The summed E-state index contributed by atoms with van der Waals surface area (Å²) in [6.45, 7) is 24.8. The molecule has 0 aromatic heterocycles. The first kappa shape index (κ1) is 30.5. The van der Waals surface area contributed by atoms with Crippen molar-refractivity contribution in [3.63, 3.8) is 0 Å². The summed E-state index contributed by atoms with van der Waals surface area (Å²) in [5.41, 5.74) is -0.667. The second-order valence-electron chi connectivity index (χ2n) is 9.69. The van der Waals surface area contributed by atoms with Crippen molar-refractivity contribution in [2.45, 2.75) is 13.3 Å². The minimum absolute atomic E-state index is 0.0168. The zero-order valence-electron chi connectivity index (χ0n) is 23.1. The molecule has 3 aromatic carbocycles. The highest BCUT2D eigenvalue weighted by molar-refractivity contribution is 6.29. The number of aryl methyl sites for hydroxylation is 1. The van der Waals surface area contributed by atoms with Crippen LogP contribution in [0, 0.1) is 72.3 Å². The Kier molecular flexibility index (Phi) is 7.46. The molecule has 12 heteroatoms. The van der Waals surface area contributed by atoms with E-state index < -0.39 is 35.1 Å². The Morgan fingerprint density at radius 3 is 1.80 bits per heavy atom. The maximum absolute atomic E-state index is 14.8. The van der Waals surface area contributed by atoms with Crippen LogP contribution in [0.1, 0.15) is 38.9 Å². The molecule has 0 aliphatic heterocycles. The van der Waals surface area contributed by atoms with Crippen LogP contribution in [0.3, 0.4) is 0 Å². The summed E-state index contributed by atoms with van der Waals surface area (Å²) in [5.74, 6) is -3.19. The van der Waals surface area contributed by atoms with E-state index in [2.05, 4.69) is 19.3 Å². The van der Waals surface area contributed by atoms with Crippen LogP contribution in [0.25, 0.3) is 48.1 Å². The van der Waals surface area contributed by atoms with Crippen LogP contribution in [-0.4, -0.2) is 6.36 Å². The first-order valence-corrected chi connectivity index (χ1v) is 12.7. The fourth-order valence-electron chi connectivity index (χ4n) is 5.38. The normalized spacial score (nSPS) is 15.4. The van der Waals surface area contributed by atoms with Crippen molar-refractivity contribution < 1.29 is 26.7 Å². The van der Waals surface area contributed by atoms with Gasteiger partial charge in [-0.25, -0.2) is 33.8 Å². The third-order valence-corrected chi connectivity index (χ3v) is 7.25. The predicted octanol–water partition coefficient (Wildman–Crippen LogP) is 8.73. The van der Waals surface area contributed by atoms with Crippen molar-refractivity contribution in [1.82, 2.24) is 0 Å². The van der Waals surface area contributed by atoms with Gasteiger partial charge in [0.25, 0.3) is 11.4 Å². The lowest BCUT2D eigenvalue weighted by molar-refractivity contribution is -0.275. The molecule has 46 heavy (non-hydrogen) atoms. The molecule has 218 valence electrons. The van der Waals surface area contributed by atoms with E-state index in [9.17, 15) is 37.7 Å². The summed E-state index contributed by atoms with van der Waals surface area (Å²) in [4.78, 5) is 10.2. The standard InChI is InChI=1S/C34H11F5N6O/c1-16-5-6-18(9-24(16)35)30-32(27(15-42)44-3)21-12-20-19(11-22(21)33(30)45-4)23(13-40)29(31(20)26(14-41)43-2)17-7-8-28(25(36)10-17)46-34(37,38)39/h5-12H,1H3/b31-26+,32-27-. The first-order valence-electron chi connectivity index (χ1n) is 12.7. The molecule has 0 radical (unpaired) electrons. The van der Waals surface area contributed by atoms with E-state index in [1.54, 1.807) is 12.1 Å². The first-order chi connectivity index (χ1) is 21.9. The third kappa shape index (κ3) is 4.80. The largest absolute Gasteiger partial charge is 0.573 e. The van der Waals surface area contributed by atoms with Crippen LogP contribution >= 0.6 is 0 Å². The molecule has 0 atom stereocenters. The van der Waals surface area contributed by atoms with Crippen molar-refractivity contribution in [1.29, 1.82) is 15.8 Å². The van der Waals surface area contributed by atoms with E-state index in [-0.39, 0.29) is 66.9 Å². The average Bonchev–Trinajstić information content (AvgIpc) is 3.51. The molecule has 0 saturated heterocycles. The number of rotatable bonds is 3. The number of fused-ring (bicyclic) bond motifs is 2. The van der Waals surface area contributed by atoms with E-state index >= 15 is 0 Å². The number of nitriles is 3. The second kappa shape index (κ2) is 11.3. The number of nitrogens with zero attached hydrogens (tertiary/aromatic N) is 6. The average molecular weight is 614 g/mol. The minimum atomic E-state index is -5.19. The molecule has 0 spiro atoms. The monoisotopic (exact) mass is 614 g/mol. The van der Waals surface area contributed by atoms with Gasteiger partial charge in [0.2, 0.25) is 5.70 Å². The Hall–Kier alpha value is -6.99. The molecule has 0 unspecified atom stereocenters. The van der Waals surface area contributed by atoms with Gasteiger partial charge in [0.1, 0.15) is 11.9 Å². The molecule has 2 aliphatic carbocycles. The molecule has 0 fully saturated rings. The zero-order chi connectivity index (χ0) is 33.5. The van der Waals surface area contributed by atoms with E-state index in [1.807, 2.05) is 6.07 Å². The van der Waals surface area contributed by atoms with Gasteiger partial charge in [-0.2, -0.15) is 5.26 Å². The Balaban J connectivity index is 1.87. The molecular weight excluding hydrogens is 603 g/mol. The second-order valence-corrected chi connectivity index (χ2v) is 9.69. The van der Waals surface area contributed by atoms with Crippen LogP contribution in [0.4, 0.5) is 22.0 Å². The molecule has 5 rings (SSSR count). The predicted molar refractivity (Wildman–Crippen MR) is 155 cm³/mol. The molecule has 0 heterocycles. The van der Waals surface area contributed by atoms with Gasteiger partial charge in [-0.3, -0.25) is 0 Å². The Labute approximate surface area is 258 Å². The molecule has 0 saturated carbocycles. The zero-order valence-corrected chi connectivity index (χ0v) is 23.1. The Bertz CT molecular complexity index is 2290. The number of benzene rings is 3. The highest BCUT2D eigenvalue weighted by Crippen LogP contribution is 2.55. The molecule has 0 amide bonds. The highest BCUT2D eigenvalue weighted by Gasteiger charge is 2.38. The van der Waals surface area contributed by atoms with E-state index in [4.69, 9.17) is 19.7 Å². The lowest BCUT2D eigenvalue weighted by Gasteiger charge is -2.14. The van der Waals surface area contributed by atoms with Gasteiger partial charge < -0.3 is 4.74 Å².